The van der Waals surface area contributed by atoms with Crippen molar-refractivity contribution in [2.75, 3.05) is 18.8 Å². The molecule has 2 aromatic rings. The maximum Gasteiger partial charge on any atom is 0.222 e. The van der Waals surface area contributed by atoms with E-state index in [2.05, 4.69) is 9.97 Å². The number of thioether (sulfide) groups is 1. The second-order valence-corrected chi connectivity index (χ2v) is 6.51. The Bertz CT molecular complexity index is 640. The summed E-state index contributed by atoms with van der Waals surface area (Å²) in [4.78, 5) is 32.8. The predicted octanol–water partition coefficient (Wildman–Crippen LogP) is 2.63. The Morgan fingerprint density at radius 3 is 2.82 bits per heavy atom. The van der Waals surface area contributed by atoms with Gasteiger partial charge in [0.1, 0.15) is 5.78 Å². The number of nitrogens with zero attached hydrogens (tertiary/aromatic N) is 2. The van der Waals surface area contributed by atoms with Crippen LogP contribution >= 0.6 is 11.8 Å². The summed E-state index contributed by atoms with van der Waals surface area (Å²) in [7, 11) is 0. The molecule has 1 saturated heterocycles. The zero-order valence-electron chi connectivity index (χ0n) is 12.4. The number of hydrogen-bond donors (Lipinski definition) is 1. The number of para-hydroxylation sites is 2. The predicted molar refractivity (Wildman–Crippen MR) is 86.9 cm³/mol. The highest BCUT2D eigenvalue weighted by atomic mass is 32.2. The number of aromatic nitrogens is 2. The van der Waals surface area contributed by atoms with Gasteiger partial charge in [-0.05, 0) is 18.6 Å². The summed E-state index contributed by atoms with van der Waals surface area (Å²) >= 11 is 1.64. The molecule has 2 heterocycles. The molecule has 6 heteroatoms. The quantitative estimate of drug-likeness (QED) is 0.680. The first-order valence-corrected chi connectivity index (χ1v) is 8.58. The molecular weight excluding hydrogens is 298 g/mol. The number of Topliss-reactive ketones (excluding diaryl/α,β-unsaturated/α-hetero) is 1. The van der Waals surface area contributed by atoms with E-state index in [0.29, 0.717) is 32.4 Å². The first-order chi connectivity index (χ1) is 10.7. The first-order valence-electron chi connectivity index (χ1n) is 7.59. The number of hydrogen-bond acceptors (Lipinski definition) is 4. The van der Waals surface area contributed by atoms with Crippen molar-refractivity contribution in [3.63, 3.8) is 0 Å². The second-order valence-electron chi connectivity index (χ2n) is 5.43. The van der Waals surface area contributed by atoms with E-state index in [1.54, 1.807) is 11.8 Å². The lowest BCUT2D eigenvalue weighted by Gasteiger charge is -2.26. The van der Waals surface area contributed by atoms with Crippen LogP contribution in [0, 0.1) is 0 Å². The van der Waals surface area contributed by atoms with E-state index >= 15 is 0 Å². The number of imidazole rings is 1. The number of piperidine rings is 1. The van der Waals surface area contributed by atoms with Crippen LogP contribution in [0.5, 0.6) is 0 Å². The molecule has 1 N–H and O–H groups in total. The molecule has 1 aliphatic rings. The molecule has 0 saturated carbocycles. The first kappa shape index (κ1) is 15.1. The van der Waals surface area contributed by atoms with Crippen molar-refractivity contribution in [1.29, 1.82) is 0 Å². The van der Waals surface area contributed by atoms with Gasteiger partial charge in [-0.25, -0.2) is 4.98 Å². The number of amides is 1. The van der Waals surface area contributed by atoms with E-state index in [9.17, 15) is 9.59 Å². The summed E-state index contributed by atoms with van der Waals surface area (Å²) in [6.07, 6.45) is 2.39. The summed E-state index contributed by atoms with van der Waals surface area (Å²) in [6, 6.07) is 7.95. The van der Waals surface area contributed by atoms with Crippen molar-refractivity contribution in [2.24, 2.45) is 0 Å². The number of carbonyl (C=O) groups excluding carboxylic acids is 2. The van der Waals surface area contributed by atoms with Crippen LogP contribution in [0.1, 0.15) is 25.7 Å². The Morgan fingerprint density at radius 1 is 1.27 bits per heavy atom. The molecule has 1 fully saturated rings. The van der Waals surface area contributed by atoms with E-state index in [0.717, 1.165) is 28.4 Å². The molecule has 0 aliphatic carbocycles. The van der Waals surface area contributed by atoms with Crippen LogP contribution < -0.4 is 0 Å². The van der Waals surface area contributed by atoms with E-state index in [4.69, 9.17) is 0 Å². The van der Waals surface area contributed by atoms with Gasteiger partial charge in [0, 0.05) is 38.1 Å². The largest absolute Gasteiger partial charge is 0.342 e. The fraction of sp³-hybridized carbons (Fsp3) is 0.438. The smallest absolute Gasteiger partial charge is 0.222 e. The molecule has 1 aromatic carbocycles. The number of rotatable bonds is 5. The molecule has 1 aromatic heterocycles. The average molecular weight is 317 g/mol. The second kappa shape index (κ2) is 6.96. The van der Waals surface area contributed by atoms with Crippen molar-refractivity contribution in [3.05, 3.63) is 24.3 Å². The van der Waals surface area contributed by atoms with Gasteiger partial charge in [0.05, 0.1) is 11.0 Å². The molecule has 1 aliphatic heterocycles. The van der Waals surface area contributed by atoms with Gasteiger partial charge in [0.25, 0.3) is 0 Å². The fourth-order valence-corrected chi connectivity index (χ4v) is 3.38. The average Bonchev–Trinajstić information content (AvgIpc) is 2.95. The minimum absolute atomic E-state index is 0.165. The summed E-state index contributed by atoms with van der Waals surface area (Å²) < 4.78 is 0. The number of aromatic amines is 1. The molecule has 5 nitrogen and oxygen atoms in total. The highest BCUT2D eigenvalue weighted by Gasteiger charge is 2.20. The van der Waals surface area contributed by atoms with Crippen LogP contribution in [-0.2, 0) is 9.59 Å². The number of nitrogens with one attached hydrogen (secondary N) is 1. The van der Waals surface area contributed by atoms with E-state index in [1.165, 1.54) is 0 Å². The van der Waals surface area contributed by atoms with Gasteiger partial charge in [0.15, 0.2) is 5.16 Å². The Balaban J connectivity index is 1.41. The Hall–Kier alpha value is -1.82. The minimum Gasteiger partial charge on any atom is -0.342 e. The maximum atomic E-state index is 12.0. The third kappa shape index (κ3) is 3.68. The van der Waals surface area contributed by atoms with Crippen molar-refractivity contribution in [1.82, 2.24) is 14.9 Å². The maximum absolute atomic E-state index is 12.0. The van der Waals surface area contributed by atoms with E-state index in [1.807, 2.05) is 29.2 Å². The van der Waals surface area contributed by atoms with E-state index in [-0.39, 0.29) is 11.7 Å². The molecule has 1 amide bonds. The minimum atomic E-state index is 0.165. The van der Waals surface area contributed by atoms with Crippen LogP contribution in [0.2, 0.25) is 0 Å². The van der Waals surface area contributed by atoms with Crippen LogP contribution in [0.3, 0.4) is 0 Å². The number of H-pyrrole nitrogens is 1. The van der Waals surface area contributed by atoms with Crippen molar-refractivity contribution in [3.8, 4) is 0 Å². The van der Waals surface area contributed by atoms with Gasteiger partial charge < -0.3 is 9.88 Å². The molecular formula is C16H19N3O2S. The van der Waals surface area contributed by atoms with Gasteiger partial charge in [-0.15, -0.1) is 0 Å². The number of likely N-dealkylation sites (tertiary alicyclic amines) is 1. The van der Waals surface area contributed by atoms with Crippen LogP contribution in [0.4, 0.5) is 0 Å². The summed E-state index contributed by atoms with van der Waals surface area (Å²) in [5, 5.41) is 0.900. The normalized spacial score (nSPS) is 15.5. The van der Waals surface area contributed by atoms with Gasteiger partial charge >= 0.3 is 0 Å². The van der Waals surface area contributed by atoms with Crippen molar-refractivity contribution >= 4 is 34.5 Å². The standard InChI is InChI=1S/C16H19N3O2S/c20-12-7-9-19(10-8-12)15(21)6-3-11-22-16-17-13-4-1-2-5-14(13)18-16/h1-2,4-5H,3,6-11H2,(H,17,18). The summed E-state index contributed by atoms with van der Waals surface area (Å²) in [6.45, 7) is 1.18. The van der Waals surface area contributed by atoms with Gasteiger partial charge in [-0.2, -0.15) is 0 Å². The van der Waals surface area contributed by atoms with Crippen molar-refractivity contribution < 1.29 is 9.59 Å². The third-order valence-corrected chi connectivity index (χ3v) is 4.77. The molecule has 22 heavy (non-hydrogen) atoms. The molecule has 0 atom stereocenters. The highest BCUT2D eigenvalue weighted by molar-refractivity contribution is 7.99. The van der Waals surface area contributed by atoms with Gasteiger partial charge in [0.2, 0.25) is 5.91 Å². The zero-order chi connectivity index (χ0) is 15.4. The zero-order valence-corrected chi connectivity index (χ0v) is 13.2. The van der Waals surface area contributed by atoms with Crippen molar-refractivity contribution in [2.45, 2.75) is 30.8 Å². The summed E-state index contributed by atoms with van der Waals surface area (Å²) in [5.41, 5.74) is 2.01. The molecule has 0 spiro atoms. The van der Waals surface area contributed by atoms with Gasteiger partial charge in [-0.3, -0.25) is 9.59 Å². The topological polar surface area (TPSA) is 66.1 Å². The van der Waals surface area contributed by atoms with Crippen LogP contribution in [-0.4, -0.2) is 45.4 Å². The third-order valence-electron chi connectivity index (χ3n) is 3.82. The lowest BCUT2D eigenvalue weighted by atomic mass is 10.1. The molecule has 0 radical (unpaired) electrons. The molecule has 0 bridgehead atoms. The molecule has 3 rings (SSSR count). The fourth-order valence-electron chi connectivity index (χ4n) is 2.55. The molecule has 116 valence electrons. The Labute approximate surface area is 133 Å². The van der Waals surface area contributed by atoms with Crippen LogP contribution in [0.15, 0.2) is 29.4 Å². The number of fused-ring (bicyclic) bond motifs is 1. The SMILES string of the molecule is O=C1CCN(C(=O)CCCSc2nc3ccccc3[nH]2)CC1. The number of benzene rings is 1. The Kier molecular flexibility index (Phi) is 4.77. The molecule has 0 unspecified atom stereocenters. The van der Waals surface area contributed by atoms with Gasteiger partial charge in [-0.1, -0.05) is 23.9 Å². The lowest BCUT2D eigenvalue weighted by Crippen LogP contribution is -2.38. The monoisotopic (exact) mass is 317 g/mol. The van der Waals surface area contributed by atoms with Crippen LogP contribution in [0.25, 0.3) is 11.0 Å². The highest BCUT2D eigenvalue weighted by Crippen LogP contribution is 2.20. The number of carbonyl (C=O) groups is 2. The lowest BCUT2D eigenvalue weighted by molar-refractivity contribution is -0.134. The number of ketones is 1. The summed E-state index contributed by atoms with van der Waals surface area (Å²) in [5.74, 6) is 1.29. The van der Waals surface area contributed by atoms with E-state index < -0.39 is 0 Å². The Morgan fingerprint density at radius 2 is 2.05 bits per heavy atom.